The molecule has 1 N–H and O–H groups in total. The molecule has 3 aromatic rings. The number of halogens is 1. The second-order valence-electron chi connectivity index (χ2n) is 5.21. The number of anilines is 2. The number of benzene rings is 1. The first-order valence-corrected chi connectivity index (χ1v) is 8.17. The number of fused-ring (bicyclic) bond motifs is 1. The Hall–Kier alpha value is -2.25. The molecule has 23 heavy (non-hydrogen) atoms. The van der Waals surface area contributed by atoms with Crippen LogP contribution in [0, 0.1) is 5.82 Å². The number of thiophene rings is 1. The number of ether oxygens (including phenoxy) is 2. The fraction of sp³-hybridized carbons (Fsp3) is 0.250. The van der Waals surface area contributed by atoms with Crippen LogP contribution in [0.15, 0.2) is 36.0 Å². The Balaban J connectivity index is 1.68. The molecule has 1 unspecified atom stereocenters. The third kappa shape index (κ3) is 2.85. The van der Waals surface area contributed by atoms with Crippen molar-refractivity contribution in [3.63, 3.8) is 0 Å². The lowest BCUT2D eigenvalue weighted by Gasteiger charge is -2.17. The monoisotopic (exact) mass is 331 g/mol. The molecular formula is C16H14FN3O2S. The molecule has 0 bridgehead atoms. The van der Waals surface area contributed by atoms with Crippen molar-refractivity contribution in [3.8, 4) is 5.75 Å². The molecule has 1 atom stereocenters. The zero-order chi connectivity index (χ0) is 15.6. The maximum absolute atomic E-state index is 14.2. The van der Waals surface area contributed by atoms with E-state index < -0.39 is 5.82 Å². The van der Waals surface area contributed by atoms with Crippen LogP contribution in [0.5, 0.6) is 5.75 Å². The Morgan fingerprint density at radius 1 is 1.30 bits per heavy atom. The van der Waals surface area contributed by atoms with Crippen LogP contribution in [-0.4, -0.2) is 29.3 Å². The van der Waals surface area contributed by atoms with Gasteiger partial charge in [0, 0.05) is 6.42 Å². The van der Waals surface area contributed by atoms with Crippen LogP contribution < -0.4 is 10.1 Å². The lowest BCUT2D eigenvalue weighted by atomic mass is 10.2. The summed E-state index contributed by atoms with van der Waals surface area (Å²) < 4.78 is 25.3. The summed E-state index contributed by atoms with van der Waals surface area (Å²) in [4.78, 5) is 9.35. The topological polar surface area (TPSA) is 56.3 Å². The zero-order valence-electron chi connectivity index (χ0n) is 12.2. The maximum Gasteiger partial charge on any atom is 0.178 e. The number of rotatable bonds is 4. The number of nitrogens with one attached hydrogen (secondary N) is 1. The molecule has 118 valence electrons. The van der Waals surface area contributed by atoms with E-state index in [1.807, 2.05) is 11.4 Å². The summed E-state index contributed by atoms with van der Waals surface area (Å²) in [5, 5.41) is 6.01. The van der Waals surface area contributed by atoms with Crippen molar-refractivity contribution in [3.05, 3.63) is 41.8 Å². The smallest absolute Gasteiger partial charge is 0.178 e. The van der Waals surface area contributed by atoms with Crippen molar-refractivity contribution in [2.75, 3.05) is 18.5 Å². The van der Waals surface area contributed by atoms with Crippen molar-refractivity contribution in [2.24, 2.45) is 0 Å². The SMILES string of the molecule is Fc1cccc(Nc2ncnc3sccc23)c1OC1CCOC1. The first kappa shape index (κ1) is 14.3. The van der Waals surface area contributed by atoms with Crippen molar-refractivity contribution in [1.29, 1.82) is 0 Å². The van der Waals surface area contributed by atoms with E-state index in [1.54, 1.807) is 12.1 Å². The predicted octanol–water partition coefficient (Wildman–Crippen LogP) is 3.74. The minimum Gasteiger partial charge on any atom is -0.483 e. The van der Waals surface area contributed by atoms with Crippen molar-refractivity contribution in [1.82, 2.24) is 9.97 Å². The molecule has 0 spiro atoms. The van der Waals surface area contributed by atoms with E-state index in [1.165, 1.54) is 23.7 Å². The van der Waals surface area contributed by atoms with E-state index in [2.05, 4.69) is 15.3 Å². The number of para-hydroxylation sites is 1. The van der Waals surface area contributed by atoms with Gasteiger partial charge in [-0.05, 0) is 23.6 Å². The van der Waals surface area contributed by atoms with Crippen LogP contribution in [0.3, 0.4) is 0 Å². The Bertz CT molecular complexity index is 833. The lowest BCUT2D eigenvalue weighted by molar-refractivity contribution is 0.138. The molecule has 1 saturated heterocycles. The Labute approximate surface area is 136 Å². The van der Waals surface area contributed by atoms with Gasteiger partial charge in [0.05, 0.1) is 24.3 Å². The number of hydrogen-bond donors (Lipinski definition) is 1. The number of hydrogen-bond acceptors (Lipinski definition) is 6. The lowest BCUT2D eigenvalue weighted by Crippen LogP contribution is -2.17. The molecular weight excluding hydrogens is 317 g/mol. The van der Waals surface area contributed by atoms with E-state index >= 15 is 0 Å². The predicted molar refractivity (Wildman–Crippen MR) is 86.9 cm³/mol. The van der Waals surface area contributed by atoms with Crippen LogP contribution in [0.4, 0.5) is 15.9 Å². The summed E-state index contributed by atoms with van der Waals surface area (Å²) in [6.07, 6.45) is 2.13. The fourth-order valence-corrected chi connectivity index (χ4v) is 3.25. The fourth-order valence-electron chi connectivity index (χ4n) is 2.52. The van der Waals surface area contributed by atoms with Gasteiger partial charge in [-0.25, -0.2) is 14.4 Å². The van der Waals surface area contributed by atoms with Crippen molar-refractivity contribution >= 4 is 33.1 Å². The number of nitrogens with zero attached hydrogens (tertiary/aromatic N) is 2. The van der Waals surface area contributed by atoms with Gasteiger partial charge >= 0.3 is 0 Å². The van der Waals surface area contributed by atoms with Gasteiger partial charge < -0.3 is 14.8 Å². The Morgan fingerprint density at radius 3 is 3.13 bits per heavy atom. The molecule has 1 fully saturated rings. The largest absolute Gasteiger partial charge is 0.483 e. The van der Waals surface area contributed by atoms with Crippen LogP contribution in [0.2, 0.25) is 0 Å². The van der Waals surface area contributed by atoms with Crippen molar-refractivity contribution in [2.45, 2.75) is 12.5 Å². The molecule has 2 aromatic heterocycles. The summed E-state index contributed by atoms with van der Waals surface area (Å²) >= 11 is 1.53. The molecule has 5 nitrogen and oxygen atoms in total. The summed E-state index contributed by atoms with van der Waals surface area (Å²) in [6.45, 7) is 1.12. The summed E-state index contributed by atoms with van der Waals surface area (Å²) in [5.41, 5.74) is 0.545. The van der Waals surface area contributed by atoms with E-state index in [-0.39, 0.29) is 11.9 Å². The maximum atomic E-state index is 14.2. The van der Waals surface area contributed by atoms with Crippen molar-refractivity contribution < 1.29 is 13.9 Å². The quantitative estimate of drug-likeness (QED) is 0.789. The molecule has 1 aliphatic heterocycles. The normalized spacial score (nSPS) is 17.5. The second-order valence-corrected chi connectivity index (χ2v) is 6.10. The van der Waals surface area contributed by atoms with E-state index in [0.29, 0.717) is 24.7 Å². The first-order valence-electron chi connectivity index (χ1n) is 7.29. The van der Waals surface area contributed by atoms with Gasteiger partial charge in [-0.1, -0.05) is 6.07 Å². The van der Waals surface area contributed by atoms with Gasteiger partial charge in [-0.15, -0.1) is 11.3 Å². The molecule has 0 amide bonds. The van der Waals surface area contributed by atoms with Crippen LogP contribution in [0.1, 0.15) is 6.42 Å². The summed E-state index contributed by atoms with van der Waals surface area (Å²) in [6, 6.07) is 6.74. The average molecular weight is 331 g/mol. The van der Waals surface area contributed by atoms with Gasteiger partial charge in [0.15, 0.2) is 11.6 Å². The molecule has 3 heterocycles. The minimum absolute atomic E-state index is 0.126. The van der Waals surface area contributed by atoms with E-state index in [4.69, 9.17) is 9.47 Å². The van der Waals surface area contributed by atoms with E-state index in [9.17, 15) is 4.39 Å². The zero-order valence-corrected chi connectivity index (χ0v) is 13.0. The van der Waals surface area contributed by atoms with Crippen LogP contribution in [0.25, 0.3) is 10.2 Å². The molecule has 0 radical (unpaired) electrons. The van der Waals surface area contributed by atoms with Gasteiger partial charge in [0.2, 0.25) is 0 Å². The third-order valence-electron chi connectivity index (χ3n) is 3.65. The standard InChI is InChI=1S/C16H14FN3O2S/c17-12-2-1-3-13(14(12)22-10-4-6-21-8-10)20-15-11-5-7-23-16(11)19-9-18-15/h1-3,5,7,9-10H,4,6,8H2,(H,18,19,20). The molecule has 7 heteroatoms. The number of aromatic nitrogens is 2. The summed E-state index contributed by atoms with van der Waals surface area (Å²) in [7, 11) is 0. The molecule has 1 aromatic carbocycles. The Morgan fingerprint density at radius 2 is 2.26 bits per heavy atom. The van der Waals surface area contributed by atoms with Crippen LogP contribution >= 0.6 is 11.3 Å². The van der Waals surface area contributed by atoms with Crippen LogP contribution in [-0.2, 0) is 4.74 Å². The van der Waals surface area contributed by atoms with Gasteiger partial charge in [-0.2, -0.15) is 0 Å². The highest BCUT2D eigenvalue weighted by Gasteiger charge is 2.21. The Kier molecular flexibility index (Phi) is 3.80. The highest BCUT2D eigenvalue weighted by Crippen LogP contribution is 2.34. The highest BCUT2D eigenvalue weighted by molar-refractivity contribution is 7.16. The van der Waals surface area contributed by atoms with Gasteiger partial charge in [0.25, 0.3) is 0 Å². The molecule has 0 aliphatic carbocycles. The average Bonchev–Trinajstić information content (AvgIpc) is 3.22. The minimum atomic E-state index is -0.405. The first-order chi connectivity index (χ1) is 11.3. The van der Waals surface area contributed by atoms with Gasteiger partial charge in [0.1, 0.15) is 23.1 Å². The molecule has 1 aliphatic rings. The summed E-state index contributed by atoms with van der Waals surface area (Å²) in [5.74, 6) is 0.428. The molecule has 0 saturated carbocycles. The highest BCUT2D eigenvalue weighted by atomic mass is 32.1. The van der Waals surface area contributed by atoms with Gasteiger partial charge in [-0.3, -0.25) is 0 Å². The van der Waals surface area contributed by atoms with E-state index in [0.717, 1.165) is 16.6 Å². The second kappa shape index (κ2) is 6.10. The third-order valence-corrected chi connectivity index (χ3v) is 4.47. The molecule has 4 rings (SSSR count).